The third kappa shape index (κ3) is 4.85. The Morgan fingerprint density at radius 3 is 2.43 bits per heavy atom. The van der Waals surface area contributed by atoms with Gasteiger partial charge < -0.3 is 9.30 Å². The number of rotatable bonds is 7. The SMILES string of the molecule is Cc1c(/C=C2\SC(=O)N(CCOc3ccc(Cl)cc3)C2=O)c2ccccc2n1Cc1ccccc1. The lowest BCUT2D eigenvalue weighted by atomic mass is 10.1. The van der Waals surface area contributed by atoms with E-state index in [1.807, 2.05) is 36.4 Å². The standard InChI is InChI=1S/C28H23ClN2O3S/c1-19-24(23-9-5-6-10-25(23)31(19)18-20-7-3-2-4-8-20)17-26-27(32)30(28(33)35-26)15-16-34-22-13-11-21(29)12-14-22/h2-14,17H,15-16,18H2,1H3/b26-17-. The van der Waals surface area contributed by atoms with Crippen molar-refractivity contribution >= 4 is 51.5 Å². The van der Waals surface area contributed by atoms with Crippen molar-refractivity contribution in [2.24, 2.45) is 0 Å². The second-order valence-corrected chi connectivity index (χ2v) is 9.65. The molecule has 1 saturated heterocycles. The first-order valence-electron chi connectivity index (χ1n) is 11.3. The number of nitrogens with zero attached hydrogens (tertiary/aromatic N) is 2. The number of carbonyl (C=O) groups excluding carboxylic acids is 2. The van der Waals surface area contributed by atoms with Gasteiger partial charge in [0.2, 0.25) is 0 Å². The average molecular weight is 503 g/mol. The van der Waals surface area contributed by atoms with Crippen LogP contribution in [-0.2, 0) is 11.3 Å². The van der Waals surface area contributed by atoms with Crippen molar-refractivity contribution in [2.75, 3.05) is 13.2 Å². The van der Waals surface area contributed by atoms with Gasteiger partial charge in [0.1, 0.15) is 12.4 Å². The molecule has 0 atom stereocenters. The van der Waals surface area contributed by atoms with Crippen LogP contribution in [-0.4, -0.2) is 33.8 Å². The van der Waals surface area contributed by atoms with E-state index in [1.165, 1.54) is 10.5 Å². The van der Waals surface area contributed by atoms with Gasteiger partial charge in [0, 0.05) is 33.7 Å². The molecule has 1 aromatic heterocycles. The summed E-state index contributed by atoms with van der Waals surface area (Å²) in [6, 6.07) is 25.4. The van der Waals surface area contributed by atoms with E-state index in [2.05, 4.69) is 35.8 Å². The van der Waals surface area contributed by atoms with Crippen molar-refractivity contribution in [2.45, 2.75) is 13.5 Å². The molecule has 0 spiro atoms. The molecule has 0 N–H and O–H groups in total. The number of para-hydroxylation sites is 1. The van der Waals surface area contributed by atoms with E-state index in [-0.39, 0.29) is 24.3 Å². The zero-order chi connectivity index (χ0) is 24.4. The Bertz CT molecular complexity index is 1430. The second-order valence-electron chi connectivity index (χ2n) is 8.22. The van der Waals surface area contributed by atoms with Gasteiger partial charge in [-0.05, 0) is 60.7 Å². The molecule has 1 aliphatic heterocycles. The predicted molar refractivity (Wildman–Crippen MR) is 142 cm³/mol. The van der Waals surface area contributed by atoms with Crippen LogP contribution in [0.3, 0.4) is 0 Å². The van der Waals surface area contributed by atoms with Crippen LogP contribution in [0, 0.1) is 6.92 Å². The van der Waals surface area contributed by atoms with Crippen molar-refractivity contribution < 1.29 is 14.3 Å². The van der Waals surface area contributed by atoms with Crippen molar-refractivity contribution in [1.29, 1.82) is 0 Å². The summed E-state index contributed by atoms with van der Waals surface area (Å²) in [4.78, 5) is 27.4. The first-order chi connectivity index (χ1) is 17.0. The quantitative estimate of drug-likeness (QED) is 0.262. The van der Waals surface area contributed by atoms with Crippen LogP contribution in [0.25, 0.3) is 17.0 Å². The Labute approximate surface area is 212 Å². The molecular formula is C28H23ClN2O3S. The molecule has 0 aliphatic carbocycles. The van der Waals surface area contributed by atoms with Gasteiger partial charge in [-0.2, -0.15) is 0 Å². The number of hydrogen-bond acceptors (Lipinski definition) is 4. The van der Waals surface area contributed by atoms with Crippen molar-refractivity contribution in [3.63, 3.8) is 0 Å². The normalized spacial score (nSPS) is 14.9. The number of halogens is 1. The summed E-state index contributed by atoms with van der Waals surface area (Å²) in [5.74, 6) is 0.345. The molecule has 0 bridgehead atoms. The van der Waals surface area contributed by atoms with Crippen molar-refractivity contribution in [3.05, 3.63) is 106 Å². The minimum absolute atomic E-state index is 0.180. The fraction of sp³-hybridized carbons (Fsp3) is 0.143. The van der Waals surface area contributed by atoms with Crippen LogP contribution in [0.2, 0.25) is 5.02 Å². The maximum atomic E-state index is 13.1. The lowest BCUT2D eigenvalue weighted by Crippen LogP contribution is -2.32. The van der Waals surface area contributed by atoms with Gasteiger partial charge in [0.25, 0.3) is 11.1 Å². The number of ether oxygens (including phenoxy) is 1. The molecule has 2 amide bonds. The van der Waals surface area contributed by atoms with E-state index in [4.69, 9.17) is 16.3 Å². The van der Waals surface area contributed by atoms with Crippen molar-refractivity contribution in [3.8, 4) is 5.75 Å². The Morgan fingerprint density at radius 1 is 0.943 bits per heavy atom. The minimum Gasteiger partial charge on any atom is -0.492 e. The summed E-state index contributed by atoms with van der Waals surface area (Å²) in [5.41, 5.74) is 4.30. The fourth-order valence-electron chi connectivity index (χ4n) is 4.22. The van der Waals surface area contributed by atoms with Crippen molar-refractivity contribution in [1.82, 2.24) is 9.47 Å². The molecular weight excluding hydrogens is 480 g/mol. The van der Waals surface area contributed by atoms with Crippen LogP contribution < -0.4 is 4.74 Å². The third-order valence-corrected chi connectivity index (χ3v) is 7.17. The minimum atomic E-state index is -0.293. The number of fused-ring (bicyclic) bond motifs is 1. The monoisotopic (exact) mass is 502 g/mol. The van der Waals surface area contributed by atoms with E-state index >= 15 is 0 Å². The Hall–Kier alpha value is -3.48. The van der Waals surface area contributed by atoms with Crippen LogP contribution in [0.5, 0.6) is 5.75 Å². The lowest BCUT2D eigenvalue weighted by Gasteiger charge is -2.13. The third-order valence-electron chi connectivity index (χ3n) is 6.01. The number of imide groups is 1. The molecule has 7 heteroatoms. The number of carbonyl (C=O) groups is 2. The van der Waals surface area contributed by atoms with Gasteiger partial charge in [-0.25, -0.2) is 0 Å². The van der Waals surface area contributed by atoms with E-state index in [0.717, 1.165) is 40.5 Å². The molecule has 2 heterocycles. The van der Waals surface area contributed by atoms with Crippen LogP contribution in [0.4, 0.5) is 4.79 Å². The maximum Gasteiger partial charge on any atom is 0.293 e. The Kier molecular flexibility index (Phi) is 6.66. The molecule has 3 aromatic carbocycles. The molecule has 5 rings (SSSR count). The van der Waals surface area contributed by atoms with Crippen LogP contribution >= 0.6 is 23.4 Å². The highest BCUT2D eigenvalue weighted by Crippen LogP contribution is 2.35. The summed E-state index contributed by atoms with van der Waals surface area (Å²) < 4.78 is 7.92. The highest BCUT2D eigenvalue weighted by Gasteiger charge is 2.35. The number of thioether (sulfide) groups is 1. The maximum absolute atomic E-state index is 13.1. The molecule has 0 unspecified atom stereocenters. The van der Waals surface area contributed by atoms with Gasteiger partial charge in [-0.15, -0.1) is 0 Å². The highest BCUT2D eigenvalue weighted by molar-refractivity contribution is 8.18. The van der Waals surface area contributed by atoms with Gasteiger partial charge in [0.15, 0.2) is 0 Å². The second kappa shape index (κ2) is 10.0. The number of hydrogen-bond donors (Lipinski definition) is 0. The summed E-state index contributed by atoms with van der Waals surface area (Å²) in [6.45, 7) is 3.17. The summed E-state index contributed by atoms with van der Waals surface area (Å²) in [5, 5.41) is 1.39. The molecule has 4 aromatic rings. The number of aromatic nitrogens is 1. The zero-order valence-corrected chi connectivity index (χ0v) is 20.7. The van der Waals surface area contributed by atoms with Gasteiger partial charge in [-0.1, -0.05) is 60.1 Å². The molecule has 1 aliphatic rings. The van der Waals surface area contributed by atoms with Gasteiger partial charge in [0.05, 0.1) is 11.4 Å². The molecule has 5 nitrogen and oxygen atoms in total. The first kappa shape index (κ1) is 23.3. The van der Waals surface area contributed by atoms with Gasteiger partial charge in [-0.3, -0.25) is 14.5 Å². The summed E-state index contributed by atoms with van der Waals surface area (Å²) in [7, 11) is 0. The zero-order valence-electron chi connectivity index (χ0n) is 19.1. The fourth-order valence-corrected chi connectivity index (χ4v) is 5.19. The summed E-state index contributed by atoms with van der Waals surface area (Å²) in [6.07, 6.45) is 1.85. The number of amides is 2. The molecule has 176 valence electrons. The molecule has 0 saturated carbocycles. The van der Waals surface area contributed by atoms with Crippen LogP contribution in [0.1, 0.15) is 16.8 Å². The summed E-state index contributed by atoms with van der Waals surface area (Å²) >= 11 is 6.87. The molecule has 35 heavy (non-hydrogen) atoms. The van der Waals surface area contributed by atoms with Crippen LogP contribution in [0.15, 0.2) is 83.8 Å². The Balaban J connectivity index is 1.38. The van der Waals surface area contributed by atoms with E-state index in [0.29, 0.717) is 15.7 Å². The molecule has 1 fully saturated rings. The van der Waals surface area contributed by atoms with Gasteiger partial charge >= 0.3 is 0 Å². The first-order valence-corrected chi connectivity index (χ1v) is 12.5. The molecule has 0 radical (unpaired) electrons. The van der Waals surface area contributed by atoms with E-state index in [1.54, 1.807) is 24.3 Å². The highest BCUT2D eigenvalue weighted by atomic mass is 35.5. The van der Waals surface area contributed by atoms with E-state index < -0.39 is 0 Å². The Morgan fingerprint density at radius 2 is 1.66 bits per heavy atom. The smallest absolute Gasteiger partial charge is 0.293 e. The topological polar surface area (TPSA) is 51.5 Å². The average Bonchev–Trinajstić information content (AvgIpc) is 3.29. The largest absolute Gasteiger partial charge is 0.492 e. The number of benzene rings is 3. The van der Waals surface area contributed by atoms with E-state index in [9.17, 15) is 9.59 Å². The predicted octanol–water partition coefficient (Wildman–Crippen LogP) is 6.77. The lowest BCUT2D eigenvalue weighted by molar-refractivity contribution is -0.123.